The van der Waals surface area contributed by atoms with E-state index < -0.39 is 17.9 Å². The van der Waals surface area contributed by atoms with Gasteiger partial charge in [-0.25, -0.2) is 0 Å². The summed E-state index contributed by atoms with van der Waals surface area (Å²) < 4.78 is 5.59. The van der Waals surface area contributed by atoms with E-state index in [1.165, 1.54) is 0 Å². The number of benzene rings is 3. The van der Waals surface area contributed by atoms with Gasteiger partial charge in [-0.15, -0.1) is 0 Å². The fourth-order valence-corrected chi connectivity index (χ4v) is 4.25. The van der Waals surface area contributed by atoms with Crippen molar-refractivity contribution in [2.45, 2.75) is 38.3 Å². The van der Waals surface area contributed by atoms with E-state index in [1.54, 1.807) is 0 Å². The second-order valence-corrected chi connectivity index (χ2v) is 9.15. The van der Waals surface area contributed by atoms with Gasteiger partial charge in [0.05, 0.1) is 12.0 Å². The van der Waals surface area contributed by atoms with Gasteiger partial charge in [0, 0.05) is 19.4 Å². The topological polar surface area (TPSA) is 84.5 Å². The van der Waals surface area contributed by atoms with Gasteiger partial charge in [-0.1, -0.05) is 97.1 Å². The van der Waals surface area contributed by atoms with Crippen LogP contribution in [0.5, 0.6) is 0 Å². The lowest BCUT2D eigenvalue weighted by atomic mass is 9.99. The lowest BCUT2D eigenvalue weighted by molar-refractivity contribution is -0.151. The molecule has 2 atom stereocenters. The normalized spacial score (nSPS) is 19.5. The first-order chi connectivity index (χ1) is 18.1. The molecule has 6 heteroatoms. The fraction of sp³-hybridized carbons (Fsp3) is 0.258. The van der Waals surface area contributed by atoms with Crippen molar-refractivity contribution in [2.24, 2.45) is 5.92 Å². The third kappa shape index (κ3) is 7.90. The number of cyclic esters (lactones) is 1. The summed E-state index contributed by atoms with van der Waals surface area (Å²) in [6.07, 6.45) is 5.07. The van der Waals surface area contributed by atoms with Gasteiger partial charge >= 0.3 is 5.97 Å². The van der Waals surface area contributed by atoms with Crippen molar-refractivity contribution in [1.29, 1.82) is 0 Å². The second-order valence-electron chi connectivity index (χ2n) is 9.15. The average Bonchev–Trinajstić information content (AvgIpc) is 2.93. The van der Waals surface area contributed by atoms with Gasteiger partial charge in [-0.2, -0.15) is 0 Å². The van der Waals surface area contributed by atoms with E-state index in [0.29, 0.717) is 25.8 Å². The molecule has 190 valence electrons. The van der Waals surface area contributed by atoms with Crippen LogP contribution in [0.15, 0.2) is 97.1 Å². The highest BCUT2D eigenvalue weighted by Gasteiger charge is 2.25. The Balaban J connectivity index is 1.34. The lowest BCUT2D eigenvalue weighted by Gasteiger charge is -2.22. The van der Waals surface area contributed by atoms with Crippen LogP contribution in [0.2, 0.25) is 0 Å². The van der Waals surface area contributed by atoms with Crippen molar-refractivity contribution in [1.82, 2.24) is 10.6 Å². The van der Waals surface area contributed by atoms with E-state index in [2.05, 4.69) is 22.8 Å². The molecule has 2 N–H and O–H groups in total. The summed E-state index contributed by atoms with van der Waals surface area (Å²) in [6, 6.07) is 27.2. The second kappa shape index (κ2) is 13.2. The van der Waals surface area contributed by atoms with Crippen LogP contribution in [0.25, 0.3) is 11.1 Å². The third-order valence-corrected chi connectivity index (χ3v) is 6.37. The minimum absolute atomic E-state index is 0.0180. The van der Waals surface area contributed by atoms with Crippen LogP contribution in [0.1, 0.15) is 42.9 Å². The Labute approximate surface area is 217 Å². The summed E-state index contributed by atoms with van der Waals surface area (Å²) in [4.78, 5) is 38.0. The van der Waals surface area contributed by atoms with Gasteiger partial charge in [-0.05, 0) is 35.1 Å². The summed E-state index contributed by atoms with van der Waals surface area (Å²) in [6.45, 7) is 0.401. The Hall–Kier alpha value is -4.19. The summed E-state index contributed by atoms with van der Waals surface area (Å²) in [7, 11) is 0. The van der Waals surface area contributed by atoms with Gasteiger partial charge in [0.25, 0.3) is 0 Å². The van der Waals surface area contributed by atoms with E-state index in [9.17, 15) is 14.4 Å². The van der Waals surface area contributed by atoms with Gasteiger partial charge in [0.2, 0.25) is 11.8 Å². The first-order valence-corrected chi connectivity index (χ1v) is 12.7. The molecule has 3 aromatic rings. The van der Waals surface area contributed by atoms with Crippen molar-refractivity contribution >= 4 is 17.8 Å². The Morgan fingerprint density at radius 1 is 0.865 bits per heavy atom. The number of amides is 2. The molecule has 0 fully saturated rings. The highest BCUT2D eigenvalue weighted by atomic mass is 16.5. The van der Waals surface area contributed by atoms with Gasteiger partial charge in [-0.3, -0.25) is 14.4 Å². The Bertz CT molecular complexity index is 1210. The number of hydrogen-bond acceptors (Lipinski definition) is 4. The minimum atomic E-state index is -0.594. The van der Waals surface area contributed by atoms with Crippen LogP contribution < -0.4 is 10.6 Å². The number of hydrogen-bond donors (Lipinski definition) is 2. The third-order valence-electron chi connectivity index (χ3n) is 6.37. The van der Waals surface area contributed by atoms with E-state index >= 15 is 0 Å². The molecule has 0 aromatic heterocycles. The molecule has 0 saturated carbocycles. The molecule has 6 nitrogen and oxygen atoms in total. The Kier molecular flexibility index (Phi) is 9.24. The molecular weight excluding hydrogens is 464 g/mol. The van der Waals surface area contributed by atoms with E-state index in [-0.39, 0.29) is 24.8 Å². The molecule has 0 spiro atoms. The SMILES string of the molecule is O=C(C[C@@H]1C/C=C/CCC(=O)N[C@H](c2ccccc2)COC1=O)NCc1ccc(-c2ccccc2)cc1. The summed E-state index contributed by atoms with van der Waals surface area (Å²) in [5.41, 5.74) is 4.10. The van der Waals surface area contributed by atoms with Crippen molar-refractivity contribution in [3.63, 3.8) is 0 Å². The molecule has 3 aromatic carbocycles. The summed E-state index contributed by atoms with van der Waals surface area (Å²) in [5.74, 6) is -1.34. The van der Waals surface area contributed by atoms with E-state index in [0.717, 1.165) is 22.3 Å². The van der Waals surface area contributed by atoms with Crippen molar-refractivity contribution in [3.05, 3.63) is 108 Å². The first-order valence-electron chi connectivity index (χ1n) is 12.7. The maximum atomic E-state index is 12.9. The number of carbonyl (C=O) groups is 3. The number of esters is 1. The van der Waals surface area contributed by atoms with Gasteiger partial charge in [0.1, 0.15) is 6.61 Å². The van der Waals surface area contributed by atoms with Crippen LogP contribution in [-0.4, -0.2) is 24.4 Å². The quantitative estimate of drug-likeness (QED) is 0.367. The predicted octanol–water partition coefficient (Wildman–Crippen LogP) is 5.12. The Morgan fingerprint density at radius 2 is 1.54 bits per heavy atom. The molecule has 0 unspecified atom stereocenters. The number of ether oxygens (including phenoxy) is 1. The largest absolute Gasteiger partial charge is 0.463 e. The number of rotatable bonds is 6. The molecule has 1 heterocycles. The first kappa shape index (κ1) is 25.9. The molecule has 4 rings (SSSR count). The van der Waals surface area contributed by atoms with Crippen molar-refractivity contribution in [3.8, 4) is 11.1 Å². The predicted molar refractivity (Wildman–Crippen MR) is 143 cm³/mol. The van der Waals surface area contributed by atoms with Crippen LogP contribution in [0.3, 0.4) is 0 Å². The van der Waals surface area contributed by atoms with E-state index in [4.69, 9.17) is 4.74 Å². The zero-order valence-electron chi connectivity index (χ0n) is 20.8. The standard InChI is InChI=1S/C31H32N2O4/c34-29-15-9-3-8-14-27(31(36)37-22-28(33-29)26-12-6-2-7-13-26)20-30(35)32-21-23-16-18-25(19-17-23)24-10-4-1-5-11-24/h1-8,10-13,16-19,27-28H,9,14-15,20-22H2,(H,32,35)(H,33,34)/b8-3+/t27-,28-/m0/s1. The molecule has 37 heavy (non-hydrogen) atoms. The molecule has 0 bridgehead atoms. The van der Waals surface area contributed by atoms with Crippen LogP contribution in [0.4, 0.5) is 0 Å². The molecule has 0 aliphatic carbocycles. The summed E-state index contributed by atoms with van der Waals surface area (Å²) in [5, 5.41) is 5.88. The maximum Gasteiger partial charge on any atom is 0.309 e. The van der Waals surface area contributed by atoms with Crippen LogP contribution >= 0.6 is 0 Å². The molecule has 1 aliphatic rings. The number of allylic oxidation sites excluding steroid dienone is 2. The van der Waals surface area contributed by atoms with Gasteiger partial charge in [0.15, 0.2) is 0 Å². The zero-order valence-corrected chi connectivity index (χ0v) is 20.8. The van der Waals surface area contributed by atoms with Crippen LogP contribution in [0, 0.1) is 5.92 Å². The van der Waals surface area contributed by atoms with E-state index in [1.807, 2.05) is 84.9 Å². The van der Waals surface area contributed by atoms with Crippen molar-refractivity contribution in [2.75, 3.05) is 6.61 Å². The molecule has 1 aliphatic heterocycles. The van der Waals surface area contributed by atoms with Crippen molar-refractivity contribution < 1.29 is 19.1 Å². The molecular formula is C31H32N2O4. The average molecular weight is 497 g/mol. The monoisotopic (exact) mass is 496 g/mol. The molecule has 0 saturated heterocycles. The lowest BCUT2D eigenvalue weighted by Crippen LogP contribution is -2.34. The highest BCUT2D eigenvalue weighted by Crippen LogP contribution is 2.20. The van der Waals surface area contributed by atoms with Crippen LogP contribution in [-0.2, 0) is 25.7 Å². The molecule has 2 amide bonds. The smallest absolute Gasteiger partial charge is 0.309 e. The number of nitrogens with one attached hydrogen (secondary N) is 2. The number of carbonyl (C=O) groups excluding carboxylic acids is 3. The minimum Gasteiger partial charge on any atom is -0.463 e. The Morgan fingerprint density at radius 3 is 2.27 bits per heavy atom. The molecule has 0 radical (unpaired) electrons. The zero-order chi connectivity index (χ0) is 25.9. The summed E-state index contributed by atoms with van der Waals surface area (Å²) >= 11 is 0. The highest BCUT2D eigenvalue weighted by molar-refractivity contribution is 5.83. The maximum absolute atomic E-state index is 12.9. The fourth-order valence-electron chi connectivity index (χ4n) is 4.25. The van der Waals surface area contributed by atoms with Gasteiger partial charge < -0.3 is 15.4 Å².